The molecule has 0 aliphatic heterocycles. The van der Waals surface area contributed by atoms with Gasteiger partial charge in [0.2, 0.25) is 17.7 Å². The molecule has 0 aliphatic carbocycles. The average molecular weight is 750 g/mol. The van der Waals surface area contributed by atoms with Gasteiger partial charge in [0, 0.05) is 52.1 Å². The van der Waals surface area contributed by atoms with Crippen LogP contribution < -0.4 is 16.0 Å². The molecule has 0 saturated carbocycles. The van der Waals surface area contributed by atoms with Crippen LogP contribution in [0, 0.1) is 0 Å². The summed E-state index contributed by atoms with van der Waals surface area (Å²) in [5, 5.41) is 9.33. The van der Waals surface area contributed by atoms with Crippen LogP contribution in [-0.4, -0.2) is 50.6 Å². The van der Waals surface area contributed by atoms with Gasteiger partial charge in [-0.15, -0.1) is 0 Å². The molecule has 0 heterocycles. The highest BCUT2D eigenvalue weighted by molar-refractivity contribution is 5.79. The van der Waals surface area contributed by atoms with Gasteiger partial charge in [0.15, 0.2) is 0 Å². The van der Waals surface area contributed by atoms with Gasteiger partial charge in [-0.05, 0) is 44.9 Å². The summed E-state index contributed by atoms with van der Waals surface area (Å²) in [6.45, 7) is 6.67. The predicted octanol–water partition coefficient (Wildman–Crippen LogP) is 12.4. The Morgan fingerprint density at radius 1 is 0.415 bits per heavy atom. The van der Waals surface area contributed by atoms with Gasteiger partial charge in [-0.3, -0.25) is 14.4 Å². The van der Waals surface area contributed by atoms with Gasteiger partial charge in [0.1, 0.15) is 0 Å². The molecule has 0 radical (unpaired) electrons. The van der Waals surface area contributed by atoms with Crippen LogP contribution >= 0.6 is 0 Å². The minimum Gasteiger partial charge on any atom is -0.385 e. The van der Waals surface area contributed by atoms with E-state index in [1.807, 2.05) is 0 Å². The molecule has 7 heteroatoms. The van der Waals surface area contributed by atoms with Crippen molar-refractivity contribution >= 4 is 17.7 Å². The first-order valence-corrected chi connectivity index (χ1v) is 23.3. The number of unbranched alkanes of at least 4 members (excludes halogenated alkanes) is 28. The molecule has 3 N–H and O–H groups in total. The van der Waals surface area contributed by atoms with E-state index in [4.69, 9.17) is 4.74 Å². The smallest absolute Gasteiger partial charge is 0.222 e. The zero-order chi connectivity index (χ0) is 38.7. The topological polar surface area (TPSA) is 96.5 Å². The lowest BCUT2D eigenvalue weighted by atomic mass is 10.0. The van der Waals surface area contributed by atoms with Gasteiger partial charge in [-0.25, -0.2) is 0 Å². The highest BCUT2D eigenvalue weighted by Crippen LogP contribution is 2.15. The monoisotopic (exact) mass is 750 g/mol. The van der Waals surface area contributed by atoms with Crippen molar-refractivity contribution in [2.45, 2.75) is 251 Å². The van der Waals surface area contributed by atoms with Crippen LogP contribution in [0.2, 0.25) is 0 Å². The Morgan fingerprint density at radius 3 is 1.23 bits per heavy atom. The van der Waals surface area contributed by atoms with E-state index in [-0.39, 0.29) is 23.8 Å². The van der Waals surface area contributed by atoms with E-state index >= 15 is 0 Å². The lowest BCUT2D eigenvalue weighted by molar-refractivity contribution is -0.124. The van der Waals surface area contributed by atoms with Crippen LogP contribution in [-0.2, 0) is 19.1 Å². The third-order valence-electron chi connectivity index (χ3n) is 10.7. The zero-order valence-electron chi connectivity index (χ0n) is 35.8. The van der Waals surface area contributed by atoms with Gasteiger partial charge in [-0.1, -0.05) is 181 Å². The number of carbonyl (C=O) groups is 3. The summed E-state index contributed by atoms with van der Waals surface area (Å²) in [6, 6.07) is -0.160. The number of nitrogens with one attached hydrogen (secondary N) is 3. The molecule has 0 aromatic rings. The second-order valence-corrected chi connectivity index (χ2v) is 16.1. The number of methoxy groups -OCH3 is 1. The third kappa shape index (κ3) is 41.4. The molecule has 0 bridgehead atoms. The van der Waals surface area contributed by atoms with Crippen molar-refractivity contribution in [2.24, 2.45) is 0 Å². The lowest BCUT2D eigenvalue weighted by Gasteiger charge is -2.19. The number of carbonyl (C=O) groups excluding carboxylic acids is 3. The van der Waals surface area contributed by atoms with Crippen LogP contribution in [0.15, 0.2) is 0 Å². The molecule has 0 fully saturated rings. The van der Waals surface area contributed by atoms with Crippen molar-refractivity contribution in [2.75, 3.05) is 26.8 Å². The van der Waals surface area contributed by atoms with E-state index in [1.54, 1.807) is 7.11 Å². The number of hydrogen-bond donors (Lipinski definition) is 3. The van der Waals surface area contributed by atoms with E-state index in [0.717, 1.165) is 77.2 Å². The molecule has 0 aliphatic rings. The largest absolute Gasteiger partial charge is 0.385 e. The molecular weight excluding hydrogens is 659 g/mol. The minimum absolute atomic E-state index is 0.0132. The summed E-state index contributed by atoms with van der Waals surface area (Å²) in [5.74, 6) is 0.228. The molecule has 0 unspecified atom stereocenters. The average Bonchev–Trinajstić information content (AvgIpc) is 3.14. The second-order valence-electron chi connectivity index (χ2n) is 16.1. The van der Waals surface area contributed by atoms with Gasteiger partial charge < -0.3 is 20.7 Å². The van der Waals surface area contributed by atoms with Crippen LogP contribution in [0.25, 0.3) is 0 Å². The van der Waals surface area contributed by atoms with Crippen molar-refractivity contribution in [3.63, 3.8) is 0 Å². The lowest BCUT2D eigenvalue weighted by Crippen LogP contribution is -2.39. The number of rotatable bonds is 43. The van der Waals surface area contributed by atoms with Crippen LogP contribution in [0.4, 0.5) is 0 Å². The van der Waals surface area contributed by atoms with Crippen molar-refractivity contribution in [1.29, 1.82) is 0 Å². The fourth-order valence-electron chi connectivity index (χ4n) is 7.21. The molecule has 1 atom stereocenters. The third-order valence-corrected chi connectivity index (χ3v) is 10.7. The van der Waals surface area contributed by atoms with E-state index in [2.05, 4.69) is 29.8 Å². The number of hydrogen-bond acceptors (Lipinski definition) is 4. The zero-order valence-corrected chi connectivity index (χ0v) is 35.8. The Hall–Kier alpha value is -1.63. The number of ether oxygens (including phenoxy) is 1. The van der Waals surface area contributed by atoms with Crippen LogP contribution in [0.3, 0.4) is 0 Å². The minimum atomic E-state index is -0.160. The molecule has 0 aromatic heterocycles. The fraction of sp³-hybridized carbons (Fsp3) is 0.935. The summed E-state index contributed by atoms with van der Waals surface area (Å²) in [4.78, 5) is 38.0. The van der Waals surface area contributed by atoms with E-state index in [9.17, 15) is 14.4 Å². The summed E-state index contributed by atoms with van der Waals surface area (Å²) in [7, 11) is 1.73. The van der Waals surface area contributed by atoms with Crippen LogP contribution in [0.5, 0.6) is 0 Å². The molecule has 0 saturated heterocycles. The normalized spacial score (nSPS) is 11.8. The summed E-state index contributed by atoms with van der Waals surface area (Å²) in [6.07, 6.45) is 41.9. The Morgan fingerprint density at radius 2 is 0.774 bits per heavy atom. The Kier molecular flexibility index (Phi) is 41.8. The second kappa shape index (κ2) is 43.1. The molecule has 7 nitrogen and oxygen atoms in total. The predicted molar refractivity (Wildman–Crippen MR) is 227 cm³/mol. The SMILES string of the molecule is CCCCCCCCCCCCCCCC(=O)NCCCC[C@@H](CC(=O)NCCCCCCOC)NC(=O)CCCCCCCCCCCCCCC. The van der Waals surface area contributed by atoms with Crippen LogP contribution in [0.1, 0.15) is 245 Å². The Bertz CT molecular complexity index is 793. The van der Waals surface area contributed by atoms with Crippen molar-refractivity contribution < 1.29 is 19.1 Å². The summed E-state index contributed by atoms with van der Waals surface area (Å²) in [5.41, 5.74) is 0. The first kappa shape index (κ1) is 51.4. The maximum atomic E-state index is 12.9. The summed E-state index contributed by atoms with van der Waals surface area (Å²) < 4.78 is 5.11. The highest BCUT2D eigenvalue weighted by atomic mass is 16.5. The van der Waals surface area contributed by atoms with Gasteiger partial charge in [0.25, 0.3) is 0 Å². The van der Waals surface area contributed by atoms with E-state index < -0.39 is 0 Å². The fourth-order valence-corrected chi connectivity index (χ4v) is 7.21. The molecule has 53 heavy (non-hydrogen) atoms. The first-order chi connectivity index (χ1) is 26.0. The quantitative estimate of drug-likeness (QED) is 0.0541. The molecule has 3 amide bonds. The molecule has 0 rings (SSSR count). The molecule has 314 valence electrons. The number of amides is 3. The molecule has 0 aromatic carbocycles. The summed E-state index contributed by atoms with van der Waals surface area (Å²) >= 11 is 0. The Labute approximate surface area is 329 Å². The van der Waals surface area contributed by atoms with Crippen molar-refractivity contribution in [1.82, 2.24) is 16.0 Å². The van der Waals surface area contributed by atoms with E-state index in [1.165, 1.54) is 141 Å². The van der Waals surface area contributed by atoms with Gasteiger partial charge in [0.05, 0.1) is 0 Å². The standard InChI is InChI=1S/C46H91N3O4/c1-4-6-8-10-12-14-16-18-20-22-24-26-30-37-44(50)47-40-34-32-36-43(42-46(52)48-39-33-28-29-35-41-53-3)49-45(51)38-31-27-25-23-21-19-17-15-13-11-9-7-5-2/h43H,4-42H2,1-3H3,(H,47,50)(H,48,52)(H,49,51)/t43-/m0/s1. The Balaban J connectivity index is 4.18. The maximum Gasteiger partial charge on any atom is 0.222 e. The van der Waals surface area contributed by atoms with Gasteiger partial charge >= 0.3 is 0 Å². The molecule has 0 spiro atoms. The maximum absolute atomic E-state index is 12.9. The van der Waals surface area contributed by atoms with E-state index in [0.29, 0.717) is 32.4 Å². The van der Waals surface area contributed by atoms with Crippen molar-refractivity contribution in [3.8, 4) is 0 Å². The van der Waals surface area contributed by atoms with Gasteiger partial charge in [-0.2, -0.15) is 0 Å². The molecular formula is C46H91N3O4. The highest BCUT2D eigenvalue weighted by Gasteiger charge is 2.16. The first-order valence-electron chi connectivity index (χ1n) is 23.3. The van der Waals surface area contributed by atoms with Crippen molar-refractivity contribution in [3.05, 3.63) is 0 Å².